The van der Waals surface area contributed by atoms with E-state index >= 15 is 0 Å². The number of hydrogen-bond acceptors (Lipinski definition) is 4. The van der Waals surface area contributed by atoms with Crippen molar-refractivity contribution in [2.45, 2.75) is 38.3 Å². The van der Waals surface area contributed by atoms with Gasteiger partial charge in [0.05, 0.1) is 18.2 Å². The van der Waals surface area contributed by atoms with Gasteiger partial charge in [-0.25, -0.2) is 4.79 Å². The summed E-state index contributed by atoms with van der Waals surface area (Å²) in [7, 11) is 0. The second kappa shape index (κ2) is 5.60. The van der Waals surface area contributed by atoms with Gasteiger partial charge in [-0.3, -0.25) is 19.4 Å². The number of nitriles is 1. The molecule has 0 bridgehead atoms. The highest BCUT2D eigenvalue weighted by atomic mass is 16.2. The third kappa shape index (κ3) is 2.35. The molecule has 2 aliphatic rings. The monoisotopic (exact) mass is 297 g/mol. The number of carbonyl (C=O) groups is 3. The average Bonchev–Trinajstić information content (AvgIpc) is 3.12. The molecule has 1 aliphatic carbocycles. The predicted molar refractivity (Wildman–Crippen MR) is 76.2 cm³/mol. The summed E-state index contributed by atoms with van der Waals surface area (Å²) in [5, 5.41) is 8.77. The smallest absolute Gasteiger partial charge is 0.263 e. The molecule has 1 aliphatic heterocycles. The highest BCUT2D eigenvalue weighted by Crippen LogP contribution is 2.28. The number of carbonyl (C=O) groups excluding carboxylic acids is 3. The van der Waals surface area contributed by atoms with E-state index in [1.165, 1.54) is 0 Å². The minimum absolute atomic E-state index is 0.0539. The fraction of sp³-hybridized carbons (Fsp3) is 0.375. The maximum absolute atomic E-state index is 12.4. The number of benzene rings is 1. The van der Waals surface area contributed by atoms with Crippen molar-refractivity contribution < 1.29 is 14.4 Å². The van der Waals surface area contributed by atoms with Crippen LogP contribution in [0.1, 0.15) is 36.8 Å². The summed E-state index contributed by atoms with van der Waals surface area (Å²) in [6.07, 6.45) is 3.50. The molecule has 0 N–H and O–H groups in total. The predicted octanol–water partition coefficient (Wildman–Crippen LogP) is 1.79. The summed E-state index contributed by atoms with van der Waals surface area (Å²) < 4.78 is 0. The Labute approximate surface area is 127 Å². The lowest BCUT2D eigenvalue weighted by Crippen LogP contribution is -2.39. The van der Waals surface area contributed by atoms with Crippen molar-refractivity contribution in [3.05, 3.63) is 35.4 Å². The number of amides is 4. The van der Waals surface area contributed by atoms with E-state index in [1.807, 2.05) is 6.07 Å². The van der Waals surface area contributed by atoms with E-state index in [0.29, 0.717) is 11.1 Å². The SMILES string of the molecule is N#Cc1ccc(CN2C(=O)C(=O)N(C3CCCC3)C2=O)cc1. The van der Waals surface area contributed by atoms with E-state index in [0.717, 1.165) is 35.5 Å². The molecule has 0 unspecified atom stereocenters. The molecule has 22 heavy (non-hydrogen) atoms. The van der Waals surface area contributed by atoms with E-state index in [9.17, 15) is 14.4 Å². The first-order valence-corrected chi connectivity index (χ1v) is 7.30. The first-order valence-electron chi connectivity index (χ1n) is 7.30. The van der Waals surface area contributed by atoms with Crippen LogP contribution in [0, 0.1) is 11.3 Å². The summed E-state index contributed by atoms with van der Waals surface area (Å²) in [5.41, 5.74) is 1.22. The van der Waals surface area contributed by atoms with Gasteiger partial charge >= 0.3 is 17.8 Å². The average molecular weight is 297 g/mol. The van der Waals surface area contributed by atoms with Crippen LogP contribution in [-0.2, 0) is 16.1 Å². The molecule has 0 aromatic heterocycles. The van der Waals surface area contributed by atoms with Gasteiger partial charge in [0, 0.05) is 6.04 Å². The molecule has 3 rings (SSSR count). The summed E-state index contributed by atoms with van der Waals surface area (Å²) >= 11 is 0. The number of imide groups is 2. The van der Waals surface area contributed by atoms with Crippen molar-refractivity contribution in [3.63, 3.8) is 0 Å². The lowest BCUT2D eigenvalue weighted by molar-refractivity contribution is -0.144. The molecule has 112 valence electrons. The summed E-state index contributed by atoms with van der Waals surface area (Å²) in [6.45, 7) is 0.0539. The van der Waals surface area contributed by atoms with Crippen molar-refractivity contribution in [2.24, 2.45) is 0 Å². The maximum atomic E-state index is 12.4. The van der Waals surface area contributed by atoms with E-state index in [2.05, 4.69) is 0 Å². The van der Waals surface area contributed by atoms with Crippen molar-refractivity contribution in [3.8, 4) is 6.07 Å². The van der Waals surface area contributed by atoms with Crippen molar-refractivity contribution in [1.29, 1.82) is 5.26 Å². The van der Waals surface area contributed by atoms with Crippen molar-refractivity contribution in [1.82, 2.24) is 9.80 Å². The molecule has 1 heterocycles. The second-order valence-corrected chi connectivity index (χ2v) is 5.60. The highest BCUT2D eigenvalue weighted by Gasteiger charge is 2.47. The van der Waals surface area contributed by atoms with Crippen LogP contribution in [0.4, 0.5) is 4.79 Å². The van der Waals surface area contributed by atoms with E-state index in [1.54, 1.807) is 24.3 Å². The zero-order valence-electron chi connectivity index (χ0n) is 12.0. The van der Waals surface area contributed by atoms with Gasteiger partial charge in [0.2, 0.25) is 0 Å². The summed E-state index contributed by atoms with van der Waals surface area (Å²) in [5.74, 6) is -1.48. The van der Waals surface area contributed by atoms with Crippen LogP contribution < -0.4 is 0 Å². The molecule has 0 radical (unpaired) electrons. The number of urea groups is 1. The Morgan fingerprint density at radius 1 is 1.05 bits per heavy atom. The van der Waals surface area contributed by atoms with E-state index < -0.39 is 17.8 Å². The minimum atomic E-state index is -0.763. The lowest BCUT2D eigenvalue weighted by atomic mass is 10.1. The Morgan fingerprint density at radius 3 is 2.27 bits per heavy atom. The van der Waals surface area contributed by atoms with Crippen LogP contribution in [-0.4, -0.2) is 33.7 Å². The van der Waals surface area contributed by atoms with Gasteiger partial charge in [-0.2, -0.15) is 5.26 Å². The van der Waals surface area contributed by atoms with Gasteiger partial charge in [0.1, 0.15) is 0 Å². The van der Waals surface area contributed by atoms with Crippen LogP contribution in [0.2, 0.25) is 0 Å². The van der Waals surface area contributed by atoms with Gasteiger partial charge in [0.15, 0.2) is 0 Å². The van der Waals surface area contributed by atoms with Gasteiger partial charge in [-0.05, 0) is 30.5 Å². The van der Waals surface area contributed by atoms with Gasteiger partial charge in [-0.1, -0.05) is 25.0 Å². The molecule has 6 nitrogen and oxygen atoms in total. The van der Waals surface area contributed by atoms with Crippen LogP contribution >= 0.6 is 0 Å². The van der Waals surface area contributed by atoms with Crippen LogP contribution in [0.5, 0.6) is 0 Å². The first-order chi connectivity index (χ1) is 10.6. The first kappa shape index (κ1) is 14.3. The Bertz CT molecular complexity index is 669. The van der Waals surface area contributed by atoms with Crippen LogP contribution in [0.25, 0.3) is 0 Å². The Morgan fingerprint density at radius 2 is 1.68 bits per heavy atom. The Balaban J connectivity index is 1.78. The molecule has 1 aromatic rings. The summed E-state index contributed by atoms with van der Waals surface area (Å²) in [4.78, 5) is 38.7. The van der Waals surface area contributed by atoms with Gasteiger partial charge in [-0.15, -0.1) is 0 Å². The maximum Gasteiger partial charge on any atom is 0.334 e. The van der Waals surface area contributed by atoms with Crippen LogP contribution in [0.15, 0.2) is 24.3 Å². The molecular weight excluding hydrogens is 282 g/mol. The second-order valence-electron chi connectivity index (χ2n) is 5.60. The van der Waals surface area contributed by atoms with Crippen molar-refractivity contribution in [2.75, 3.05) is 0 Å². The topological polar surface area (TPSA) is 81.5 Å². The molecule has 1 saturated heterocycles. The normalized spacial score (nSPS) is 19.1. The number of hydrogen-bond donors (Lipinski definition) is 0. The molecule has 4 amide bonds. The fourth-order valence-electron chi connectivity index (χ4n) is 3.01. The number of rotatable bonds is 3. The summed E-state index contributed by atoms with van der Waals surface area (Å²) in [6, 6.07) is 7.95. The third-order valence-corrected chi connectivity index (χ3v) is 4.20. The van der Waals surface area contributed by atoms with Crippen molar-refractivity contribution >= 4 is 17.8 Å². The quantitative estimate of drug-likeness (QED) is 0.629. The molecule has 0 atom stereocenters. The Hall–Kier alpha value is -2.68. The molecule has 0 spiro atoms. The highest BCUT2D eigenvalue weighted by molar-refractivity contribution is 6.44. The Kier molecular flexibility index (Phi) is 3.63. The standard InChI is InChI=1S/C16H15N3O3/c17-9-11-5-7-12(8-6-11)10-18-14(20)15(21)19(16(18)22)13-3-1-2-4-13/h5-8,13H,1-4,10H2. The zero-order chi connectivity index (χ0) is 15.7. The lowest BCUT2D eigenvalue weighted by Gasteiger charge is -2.21. The molecular formula is C16H15N3O3. The third-order valence-electron chi connectivity index (χ3n) is 4.20. The van der Waals surface area contributed by atoms with Crippen LogP contribution in [0.3, 0.4) is 0 Å². The van der Waals surface area contributed by atoms with E-state index in [-0.39, 0.29) is 12.6 Å². The molecule has 1 saturated carbocycles. The molecule has 6 heteroatoms. The largest absolute Gasteiger partial charge is 0.334 e. The van der Waals surface area contributed by atoms with Gasteiger partial charge in [0.25, 0.3) is 0 Å². The molecule has 2 fully saturated rings. The van der Waals surface area contributed by atoms with E-state index in [4.69, 9.17) is 5.26 Å². The zero-order valence-corrected chi connectivity index (χ0v) is 12.0. The van der Waals surface area contributed by atoms with Gasteiger partial charge < -0.3 is 0 Å². The fourth-order valence-corrected chi connectivity index (χ4v) is 3.01. The minimum Gasteiger partial charge on any atom is -0.263 e. The molecule has 1 aromatic carbocycles. The number of nitrogens with zero attached hydrogens (tertiary/aromatic N) is 3.